The second kappa shape index (κ2) is 6.02. The number of carbonyl (C=O) groups is 1. The van der Waals surface area contributed by atoms with Crippen LogP contribution in [0.25, 0.3) is 0 Å². The summed E-state index contributed by atoms with van der Waals surface area (Å²) >= 11 is 0. The minimum Gasteiger partial charge on any atom is -0.355 e. The van der Waals surface area contributed by atoms with E-state index in [1.54, 1.807) is 0 Å². The Kier molecular flexibility index (Phi) is 5.77. The van der Waals surface area contributed by atoms with Crippen LogP contribution >= 0.6 is 0 Å². The molecule has 0 aliphatic heterocycles. The molecular weight excluding hydrogens is 176 g/mol. The number of amides is 1. The molecule has 0 radical (unpaired) electrons. The molecule has 0 fully saturated rings. The first-order valence-electron chi connectivity index (χ1n) is 5.52. The number of nitrogens with one attached hydrogen (secondary N) is 2. The van der Waals surface area contributed by atoms with Gasteiger partial charge in [0.1, 0.15) is 0 Å². The third kappa shape index (κ3) is 3.29. The Bertz CT molecular complexity index is 180. The SMILES string of the molecule is CCCNC(C)(C(=O)NCC)C(C)C. The van der Waals surface area contributed by atoms with Crippen molar-refractivity contribution in [3.8, 4) is 0 Å². The first-order valence-corrected chi connectivity index (χ1v) is 5.52. The Morgan fingerprint density at radius 3 is 2.29 bits per heavy atom. The molecule has 14 heavy (non-hydrogen) atoms. The van der Waals surface area contributed by atoms with Crippen LogP contribution in [-0.4, -0.2) is 24.5 Å². The van der Waals surface area contributed by atoms with Crippen molar-refractivity contribution in [2.24, 2.45) is 5.92 Å². The maximum Gasteiger partial charge on any atom is 0.240 e. The van der Waals surface area contributed by atoms with Crippen LogP contribution < -0.4 is 10.6 Å². The minimum absolute atomic E-state index is 0.100. The average Bonchev–Trinajstić information content (AvgIpc) is 2.14. The van der Waals surface area contributed by atoms with Crippen LogP contribution in [0.15, 0.2) is 0 Å². The molecule has 0 aliphatic rings. The molecule has 1 unspecified atom stereocenters. The van der Waals surface area contributed by atoms with Crippen molar-refractivity contribution >= 4 is 5.91 Å². The normalized spacial score (nSPS) is 15.3. The second-order valence-electron chi connectivity index (χ2n) is 4.14. The highest BCUT2D eigenvalue weighted by molar-refractivity contribution is 5.86. The van der Waals surface area contributed by atoms with E-state index in [0.717, 1.165) is 13.0 Å². The lowest BCUT2D eigenvalue weighted by atomic mass is 9.87. The summed E-state index contributed by atoms with van der Waals surface area (Å²) in [6, 6.07) is 0. The highest BCUT2D eigenvalue weighted by atomic mass is 16.2. The molecule has 3 heteroatoms. The fourth-order valence-corrected chi connectivity index (χ4v) is 1.28. The topological polar surface area (TPSA) is 41.1 Å². The summed E-state index contributed by atoms with van der Waals surface area (Å²) in [5.74, 6) is 0.393. The van der Waals surface area contributed by atoms with Gasteiger partial charge in [0, 0.05) is 6.54 Å². The Morgan fingerprint density at radius 1 is 1.36 bits per heavy atom. The lowest BCUT2D eigenvalue weighted by Gasteiger charge is -2.33. The van der Waals surface area contributed by atoms with E-state index in [-0.39, 0.29) is 5.91 Å². The van der Waals surface area contributed by atoms with Gasteiger partial charge in [0.2, 0.25) is 5.91 Å². The molecular formula is C11H24N2O. The zero-order valence-electron chi connectivity index (χ0n) is 10.1. The van der Waals surface area contributed by atoms with E-state index in [2.05, 4.69) is 31.4 Å². The Hall–Kier alpha value is -0.570. The van der Waals surface area contributed by atoms with Crippen LogP contribution in [0.3, 0.4) is 0 Å². The molecule has 0 aliphatic carbocycles. The van der Waals surface area contributed by atoms with E-state index < -0.39 is 5.54 Å². The summed E-state index contributed by atoms with van der Waals surface area (Å²) in [7, 11) is 0. The maximum absolute atomic E-state index is 11.8. The van der Waals surface area contributed by atoms with Gasteiger partial charge >= 0.3 is 0 Å². The standard InChI is InChI=1S/C11H24N2O/c1-6-8-13-11(5,9(3)4)10(14)12-7-2/h9,13H,6-8H2,1-5H3,(H,12,14). The summed E-state index contributed by atoms with van der Waals surface area (Å²) in [6.45, 7) is 11.7. The van der Waals surface area contributed by atoms with Crippen molar-refractivity contribution in [3.63, 3.8) is 0 Å². The molecule has 1 atom stereocenters. The number of hydrogen-bond donors (Lipinski definition) is 2. The first-order chi connectivity index (χ1) is 6.49. The van der Waals surface area contributed by atoms with E-state index in [1.165, 1.54) is 0 Å². The summed E-state index contributed by atoms with van der Waals surface area (Å²) < 4.78 is 0. The van der Waals surface area contributed by atoms with Crippen LogP contribution in [0.1, 0.15) is 41.0 Å². The lowest BCUT2D eigenvalue weighted by molar-refractivity contribution is -0.128. The molecule has 0 heterocycles. The van der Waals surface area contributed by atoms with Crippen molar-refractivity contribution in [3.05, 3.63) is 0 Å². The minimum atomic E-state index is -0.438. The number of likely N-dealkylation sites (N-methyl/N-ethyl adjacent to an activating group) is 1. The highest BCUT2D eigenvalue weighted by Crippen LogP contribution is 2.16. The third-order valence-corrected chi connectivity index (χ3v) is 2.71. The van der Waals surface area contributed by atoms with Gasteiger partial charge in [0.25, 0.3) is 0 Å². The molecule has 0 aromatic carbocycles. The molecule has 0 rings (SSSR count). The van der Waals surface area contributed by atoms with E-state index >= 15 is 0 Å². The molecule has 0 bridgehead atoms. The first kappa shape index (κ1) is 13.4. The van der Waals surface area contributed by atoms with Crippen LogP contribution in [-0.2, 0) is 4.79 Å². The van der Waals surface area contributed by atoms with Crippen LogP contribution in [0.4, 0.5) is 0 Å². The van der Waals surface area contributed by atoms with Gasteiger partial charge in [-0.05, 0) is 32.7 Å². The van der Waals surface area contributed by atoms with E-state index in [9.17, 15) is 4.79 Å². The van der Waals surface area contributed by atoms with Gasteiger partial charge in [-0.3, -0.25) is 4.79 Å². The largest absolute Gasteiger partial charge is 0.355 e. The summed E-state index contributed by atoms with van der Waals surface area (Å²) in [4.78, 5) is 11.8. The fraction of sp³-hybridized carbons (Fsp3) is 0.909. The van der Waals surface area contributed by atoms with Gasteiger partial charge in [-0.15, -0.1) is 0 Å². The monoisotopic (exact) mass is 200 g/mol. The molecule has 0 saturated carbocycles. The van der Waals surface area contributed by atoms with E-state index in [0.29, 0.717) is 12.5 Å². The summed E-state index contributed by atoms with van der Waals surface area (Å²) in [6.07, 6.45) is 1.04. The molecule has 1 amide bonds. The number of carbonyl (C=O) groups excluding carboxylic acids is 1. The Balaban J connectivity index is 4.45. The number of hydrogen-bond acceptors (Lipinski definition) is 2. The molecule has 84 valence electrons. The highest BCUT2D eigenvalue weighted by Gasteiger charge is 2.35. The summed E-state index contributed by atoms with van der Waals surface area (Å²) in [5, 5.41) is 6.19. The summed E-state index contributed by atoms with van der Waals surface area (Å²) in [5.41, 5.74) is -0.438. The predicted molar refractivity (Wildman–Crippen MR) is 60.2 cm³/mol. The number of rotatable bonds is 6. The van der Waals surface area contributed by atoms with Crippen LogP contribution in [0.5, 0.6) is 0 Å². The average molecular weight is 200 g/mol. The molecule has 3 nitrogen and oxygen atoms in total. The molecule has 0 aromatic heterocycles. The van der Waals surface area contributed by atoms with Crippen molar-refractivity contribution in [1.29, 1.82) is 0 Å². The maximum atomic E-state index is 11.8. The van der Waals surface area contributed by atoms with Crippen molar-refractivity contribution in [2.75, 3.05) is 13.1 Å². The van der Waals surface area contributed by atoms with Crippen molar-refractivity contribution in [1.82, 2.24) is 10.6 Å². The third-order valence-electron chi connectivity index (χ3n) is 2.71. The smallest absolute Gasteiger partial charge is 0.240 e. The van der Waals surface area contributed by atoms with Gasteiger partial charge in [0.15, 0.2) is 0 Å². The Labute approximate surface area is 87.6 Å². The van der Waals surface area contributed by atoms with Crippen LogP contribution in [0, 0.1) is 5.92 Å². The molecule has 0 aromatic rings. The second-order valence-corrected chi connectivity index (χ2v) is 4.14. The van der Waals surface area contributed by atoms with Gasteiger partial charge in [0.05, 0.1) is 5.54 Å². The van der Waals surface area contributed by atoms with Crippen molar-refractivity contribution in [2.45, 2.75) is 46.6 Å². The van der Waals surface area contributed by atoms with Crippen molar-refractivity contribution < 1.29 is 4.79 Å². The molecule has 0 saturated heterocycles. The lowest BCUT2D eigenvalue weighted by Crippen LogP contribution is -2.58. The zero-order chi connectivity index (χ0) is 11.2. The van der Waals surface area contributed by atoms with Gasteiger partial charge in [-0.2, -0.15) is 0 Å². The fourth-order valence-electron chi connectivity index (χ4n) is 1.28. The Morgan fingerprint density at radius 2 is 1.93 bits per heavy atom. The van der Waals surface area contributed by atoms with Crippen LogP contribution in [0.2, 0.25) is 0 Å². The van der Waals surface area contributed by atoms with E-state index in [4.69, 9.17) is 0 Å². The zero-order valence-corrected chi connectivity index (χ0v) is 10.1. The predicted octanol–water partition coefficient (Wildman–Crippen LogP) is 1.54. The molecule has 2 N–H and O–H groups in total. The molecule has 0 spiro atoms. The van der Waals surface area contributed by atoms with Gasteiger partial charge in [-0.1, -0.05) is 20.8 Å². The van der Waals surface area contributed by atoms with E-state index in [1.807, 2.05) is 13.8 Å². The van der Waals surface area contributed by atoms with Gasteiger partial charge < -0.3 is 10.6 Å². The quantitative estimate of drug-likeness (QED) is 0.683. The van der Waals surface area contributed by atoms with Gasteiger partial charge in [-0.25, -0.2) is 0 Å².